The van der Waals surface area contributed by atoms with Crippen molar-refractivity contribution in [1.82, 2.24) is 9.88 Å². The Kier molecular flexibility index (Phi) is 6.86. The van der Waals surface area contributed by atoms with E-state index in [4.69, 9.17) is 5.11 Å². The highest BCUT2D eigenvalue weighted by Crippen LogP contribution is 2.32. The fourth-order valence-corrected chi connectivity index (χ4v) is 3.20. The van der Waals surface area contributed by atoms with Gasteiger partial charge in [-0.1, -0.05) is 30.3 Å². The molecule has 1 heterocycles. The summed E-state index contributed by atoms with van der Waals surface area (Å²) in [6.07, 6.45) is -3.16. The Morgan fingerprint density at radius 3 is 2.30 bits per heavy atom. The highest BCUT2D eigenvalue weighted by atomic mass is 19.4. The number of nitrogens with zero attached hydrogens (tertiary/aromatic N) is 1. The molecule has 172 valence electrons. The van der Waals surface area contributed by atoms with Crippen molar-refractivity contribution < 1.29 is 32.7 Å². The van der Waals surface area contributed by atoms with Gasteiger partial charge in [0.2, 0.25) is 0 Å². The number of carbonyl (C=O) groups excluding carboxylic acids is 2. The number of benzene rings is 2. The van der Waals surface area contributed by atoms with Crippen LogP contribution in [0.15, 0.2) is 60.8 Å². The molecule has 0 bridgehead atoms. The van der Waals surface area contributed by atoms with Gasteiger partial charge in [0.05, 0.1) is 17.7 Å². The van der Waals surface area contributed by atoms with Crippen LogP contribution < -0.4 is 10.6 Å². The summed E-state index contributed by atoms with van der Waals surface area (Å²) >= 11 is 0. The molecule has 0 aliphatic rings. The van der Waals surface area contributed by atoms with Crippen LogP contribution in [0.2, 0.25) is 0 Å². The van der Waals surface area contributed by atoms with E-state index in [1.165, 1.54) is 29.0 Å². The van der Waals surface area contributed by atoms with Crippen molar-refractivity contribution in [2.75, 3.05) is 11.9 Å². The van der Waals surface area contributed by atoms with E-state index in [0.717, 1.165) is 12.1 Å². The number of aryl methyl sites for hydroxylation is 1. The largest absolute Gasteiger partial charge is 0.481 e. The Bertz CT molecular complexity index is 1180. The number of alkyl halides is 3. The van der Waals surface area contributed by atoms with Crippen LogP contribution in [0.4, 0.5) is 18.9 Å². The van der Waals surface area contributed by atoms with Gasteiger partial charge in [-0.3, -0.25) is 14.4 Å². The van der Waals surface area contributed by atoms with E-state index in [0.29, 0.717) is 16.8 Å². The minimum atomic E-state index is -4.46. The van der Waals surface area contributed by atoms with E-state index in [2.05, 4.69) is 10.6 Å². The lowest BCUT2D eigenvalue weighted by atomic mass is 9.98. The van der Waals surface area contributed by atoms with Gasteiger partial charge in [-0.2, -0.15) is 13.2 Å². The number of carboxylic acid groups (broad SMARTS) is 1. The Balaban J connectivity index is 1.78. The van der Waals surface area contributed by atoms with E-state index < -0.39 is 29.5 Å². The molecule has 0 unspecified atom stereocenters. The fraction of sp³-hybridized carbons (Fsp3) is 0.174. The number of hydrogen-bond acceptors (Lipinski definition) is 3. The third-order valence-corrected chi connectivity index (χ3v) is 4.81. The van der Waals surface area contributed by atoms with E-state index >= 15 is 0 Å². The zero-order chi connectivity index (χ0) is 24.2. The molecule has 0 radical (unpaired) electrons. The average Bonchev–Trinajstić information content (AvgIpc) is 3.13. The number of aliphatic carboxylic acids is 1. The predicted octanol–water partition coefficient (Wildman–Crippen LogP) is 4.17. The highest BCUT2D eigenvalue weighted by molar-refractivity contribution is 6.09. The molecule has 0 atom stereocenters. The number of nitrogens with one attached hydrogen (secondary N) is 2. The smallest absolute Gasteiger partial charge is 0.416 e. The fourth-order valence-electron chi connectivity index (χ4n) is 3.20. The zero-order valence-corrected chi connectivity index (χ0v) is 17.4. The van der Waals surface area contributed by atoms with Gasteiger partial charge in [0.1, 0.15) is 5.69 Å². The monoisotopic (exact) mass is 459 g/mol. The van der Waals surface area contributed by atoms with E-state index in [1.54, 1.807) is 31.3 Å². The zero-order valence-electron chi connectivity index (χ0n) is 17.4. The van der Waals surface area contributed by atoms with Gasteiger partial charge in [-0.15, -0.1) is 0 Å². The molecule has 33 heavy (non-hydrogen) atoms. The molecule has 10 heteroatoms. The Morgan fingerprint density at radius 2 is 1.67 bits per heavy atom. The Morgan fingerprint density at radius 1 is 1.00 bits per heavy atom. The Labute approximate surface area is 186 Å². The number of amides is 2. The first kappa shape index (κ1) is 23.6. The van der Waals surface area contributed by atoms with E-state index in [1.807, 2.05) is 0 Å². The van der Waals surface area contributed by atoms with Crippen molar-refractivity contribution in [3.8, 4) is 11.1 Å². The van der Waals surface area contributed by atoms with Crippen molar-refractivity contribution in [1.29, 1.82) is 0 Å². The van der Waals surface area contributed by atoms with Crippen LogP contribution in [-0.4, -0.2) is 34.0 Å². The summed E-state index contributed by atoms with van der Waals surface area (Å²) < 4.78 is 40.0. The highest BCUT2D eigenvalue weighted by Gasteiger charge is 2.30. The number of carboxylic acids is 1. The molecule has 0 spiro atoms. The lowest BCUT2D eigenvalue weighted by Gasteiger charge is -2.11. The molecule has 3 rings (SSSR count). The molecule has 0 aliphatic heterocycles. The topological polar surface area (TPSA) is 100 Å². The summed E-state index contributed by atoms with van der Waals surface area (Å²) in [7, 11) is 1.60. The van der Waals surface area contributed by atoms with Crippen LogP contribution in [0.5, 0.6) is 0 Å². The van der Waals surface area contributed by atoms with Gasteiger partial charge >= 0.3 is 12.1 Å². The molecular formula is C23H20F3N3O4. The molecule has 7 nitrogen and oxygen atoms in total. The van der Waals surface area contributed by atoms with Crippen LogP contribution in [0.3, 0.4) is 0 Å². The molecular weight excluding hydrogens is 439 g/mol. The van der Waals surface area contributed by atoms with Crippen LogP contribution in [0, 0.1) is 0 Å². The number of hydrogen-bond donors (Lipinski definition) is 3. The van der Waals surface area contributed by atoms with E-state index in [9.17, 15) is 27.6 Å². The Hall–Kier alpha value is -4.08. The van der Waals surface area contributed by atoms with Crippen molar-refractivity contribution in [3.05, 3.63) is 77.6 Å². The van der Waals surface area contributed by atoms with Gasteiger partial charge in [0, 0.05) is 25.4 Å². The maximum absolute atomic E-state index is 12.9. The lowest BCUT2D eigenvalue weighted by Crippen LogP contribution is -2.27. The number of halogens is 3. The summed E-state index contributed by atoms with van der Waals surface area (Å²) in [6.45, 7) is -0.0401. The molecule has 1 aromatic heterocycles. The first-order valence-electron chi connectivity index (χ1n) is 9.80. The second kappa shape index (κ2) is 9.60. The third-order valence-electron chi connectivity index (χ3n) is 4.81. The first-order valence-corrected chi connectivity index (χ1v) is 9.80. The second-order valence-corrected chi connectivity index (χ2v) is 7.20. The van der Waals surface area contributed by atoms with Crippen LogP contribution in [-0.2, 0) is 18.0 Å². The molecule has 0 aliphatic carbocycles. The van der Waals surface area contributed by atoms with E-state index in [-0.39, 0.29) is 24.2 Å². The van der Waals surface area contributed by atoms with Crippen LogP contribution in [0.1, 0.15) is 32.8 Å². The molecule has 0 fully saturated rings. The van der Waals surface area contributed by atoms with Gasteiger partial charge in [0.25, 0.3) is 11.8 Å². The number of anilines is 1. The molecule has 3 aromatic rings. The van der Waals surface area contributed by atoms with Gasteiger partial charge in [-0.25, -0.2) is 0 Å². The minimum Gasteiger partial charge on any atom is -0.481 e. The summed E-state index contributed by atoms with van der Waals surface area (Å²) in [5, 5.41) is 13.8. The maximum atomic E-state index is 12.9. The molecule has 2 amide bonds. The average molecular weight is 459 g/mol. The second-order valence-electron chi connectivity index (χ2n) is 7.20. The molecule has 3 N–H and O–H groups in total. The first-order chi connectivity index (χ1) is 15.6. The summed E-state index contributed by atoms with van der Waals surface area (Å²) in [6, 6.07) is 12.4. The number of rotatable bonds is 7. The lowest BCUT2D eigenvalue weighted by molar-refractivity contribution is -0.138. The number of carbonyl (C=O) groups is 3. The van der Waals surface area contributed by atoms with Crippen molar-refractivity contribution in [2.45, 2.75) is 12.6 Å². The quantitative estimate of drug-likeness (QED) is 0.494. The normalized spacial score (nSPS) is 11.2. The summed E-state index contributed by atoms with van der Waals surface area (Å²) in [5.74, 6) is -2.04. The van der Waals surface area contributed by atoms with Crippen molar-refractivity contribution >= 4 is 23.5 Å². The SMILES string of the molecule is Cn1cc(NC(=O)c2ccccc2-c2ccc(C(F)(F)F)cc2)cc1C(=O)NCCC(=O)O. The maximum Gasteiger partial charge on any atom is 0.416 e. The standard InChI is InChI=1S/C23H20F3N3O4/c1-29-13-16(12-19(29)22(33)27-11-10-20(30)31)28-21(32)18-5-3-2-4-17(18)14-6-8-15(9-7-14)23(24,25)26/h2-9,12-13H,10-11H2,1H3,(H,27,33)(H,28,32)(H,30,31). The number of aromatic nitrogens is 1. The third kappa shape index (κ3) is 5.79. The van der Waals surface area contributed by atoms with Gasteiger partial charge < -0.3 is 20.3 Å². The minimum absolute atomic E-state index is 0.0401. The molecule has 0 saturated heterocycles. The molecule has 2 aromatic carbocycles. The van der Waals surface area contributed by atoms with Crippen molar-refractivity contribution in [2.24, 2.45) is 7.05 Å². The van der Waals surface area contributed by atoms with Crippen molar-refractivity contribution in [3.63, 3.8) is 0 Å². The van der Waals surface area contributed by atoms with Gasteiger partial charge in [0.15, 0.2) is 0 Å². The van der Waals surface area contributed by atoms with Crippen LogP contribution >= 0.6 is 0 Å². The summed E-state index contributed by atoms with van der Waals surface area (Å²) in [5.41, 5.74) is 0.895. The van der Waals surface area contributed by atoms with Crippen LogP contribution in [0.25, 0.3) is 11.1 Å². The molecule has 0 saturated carbocycles. The van der Waals surface area contributed by atoms with Gasteiger partial charge in [-0.05, 0) is 35.4 Å². The predicted molar refractivity (Wildman–Crippen MR) is 115 cm³/mol. The summed E-state index contributed by atoms with van der Waals surface area (Å²) in [4.78, 5) is 35.7.